The molecule has 2 bridgehead atoms. The summed E-state index contributed by atoms with van der Waals surface area (Å²) < 4.78 is 0. The van der Waals surface area contributed by atoms with Gasteiger partial charge in [-0.2, -0.15) is 0 Å². The summed E-state index contributed by atoms with van der Waals surface area (Å²) in [6.45, 7) is 11.2. The predicted octanol–water partition coefficient (Wildman–Crippen LogP) is 3.84. The van der Waals surface area contributed by atoms with Crippen molar-refractivity contribution in [2.45, 2.75) is 47.5 Å². The Morgan fingerprint density at radius 1 is 1.25 bits per heavy atom. The van der Waals surface area contributed by atoms with Crippen LogP contribution in [0.4, 0.5) is 0 Å². The second kappa shape index (κ2) is 3.72. The third kappa shape index (κ3) is 1.40. The molecule has 0 N–H and O–H groups in total. The van der Waals surface area contributed by atoms with E-state index in [2.05, 4.69) is 33.8 Å². The van der Waals surface area contributed by atoms with Gasteiger partial charge in [0, 0.05) is 5.92 Å². The van der Waals surface area contributed by atoms with Crippen LogP contribution in [0.2, 0.25) is 0 Å². The summed E-state index contributed by atoms with van der Waals surface area (Å²) in [5.74, 6) is 2.59. The number of carbonyl (C=O) groups is 1. The van der Waals surface area contributed by atoms with E-state index >= 15 is 0 Å². The third-order valence-electron chi connectivity index (χ3n) is 5.14. The molecule has 0 amide bonds. The van der Waals surface area contributed by atoms with E-state index in [4.69, 9.17) is 0 Å². The lowest BCUT2D eigenvalue weighted by molar-refractivity contribution is -0.125. The zero-order valence-electron chi connectivity index (χ0n) is 11.2. The standard InChI is InChI=1S/C15H24O/c1-9(2)15(10(3)4)8-12-6-11(5)14(16)13(15)7-12/h6,9-10,12-13H,7-8H2,1-5H3. The quantitative estimate of drug-likeness (QED) is 0.691. The van der Waals surface area contributed by atoms with E-state index in [1.165, 1.54) is 6.42 Å². The van der Waals surface area contributed by atoms with Gasteiger partial charge >= 0.3 is 0 Å². The summed E-state index contributed by atoms with van der Waals surface area (Å²) in [5.41, 5.74) is 1.26. The van der Waals surface area contributed by atoms with Crippen LogP contribution in [0.5, 0.6) is 0 Å². The molecule has 2 aliphatic rings. The Morgan fingerprint density at radius 2 is 1.81 bits per heavy atom. The molecule has 0 aromatic rings. The first kappa shape index (κ1) is 11.9. The first-order valence-electron chi connectivity index (χ1n) is 6.62. The smallest absolute Gasteiger partial charge is 0.161 e. The van der Waals surface area contributed by atoms with Crippen molar-refractivity contribution in [2.75, 3.05) is 0 Å². The molecule has 2 rings (SSSR count). The maximum atomic E-state index is 12.3. The first-order valence-corrected chi connectivity index (χ1v) is 6.62. The number of hydrogen-bond acceptors (Lipinski definition) is 1. The van der Waals surface area contributed by atoms with E-state index in [-0.39, 0.29) is 5.41 Å². The van der Waals surface area contributed by atoms with Crippen LogP contribution in [0.25, 0.3) is 0 Å². The number of fused-ring (bicyclic) bond motifs is 2. The van der Waals surface area contributed by atoms with E-state index in [0.29, 0.717) is 29.5 Å². The minimum Gasteiger partial charge on any atom is -0.294 e. The van der Waals surface area contributed by atoms with Crippen molar-refractivity contribution in [2.24, 2.45) is 29.1 Å². The highest BCUT2D eigenvalue weighted by Gasteiger charge is 2.55. The van der Waals surface area contributed by atoms with Crippen LogP contribution in [0, 0.1) is 29.1 Å². The lowest BCUT2D eigenvalue weighted by atomic mass is 9.61. The number of rotatable bonds is 2. The summed E-state index contributed by atoms with van der Waals surface area (Å²) in [7, 11) is 0. The average molecular weight is 220 g/mol. The summed E-state index contributed by atoms with van der Waals surface area (Å²) in [4.78, 5) is 12.3. The van der Waals surface area contributed by atoms with Crippen LogP contribution in [-0.2, 0) is 4.79 Å². The molecule has 0 aromatic carbocycles. The molecule has 2 atom stereocenters. The van der Waals surface area contributed by atoms with Gasteiger partial charge in [0.1, 0.15) is 0 Å². The fourth-order valence-electron chi connectivity index (χ4n) is 4.33. The molecule has 2 unspecified atom stereocenters. The molecule has 2 aliphatic carbocycles. The van der Waals surface area contributed by atoms with Gasteiger partial charge in [-0.05, 0) is 48.5 Å². The van der Waals surface area contributed by atoms with Gasteiger partial charge < -0.3 is 0 Å². The molecule has 0 heterocycles. The van der Waals surface area contributed by atoms with Gasteiger partial charge in [-0.1, -0.05) is 33.8 Å². The molecule has 0 aromatic heterocycles. The monoisotopic (exact) mass is 220 g/mol. The Balaban J connectivity index is 2.43. The highest BCUT2D eigenvalue weighted by atomic mass is 16.1. The molecule has 16 heavy (non-hydrogen) atoms. The summed E-state index contributed by atoms with van der Waals surface area (Å²) in [6.07, 6.45) is 4.55. The normalized spacial score (nSPS) is 32.4. The van der Waals surface area contributed by atoms with Gasteiger partial charge in [-0.15, -0.1) is 0 Å². The van der Waals surface area contributed by atoms with Crippen LogP contribution in [0.15, 0.2) is 11.6 Å². The van der Waals surface area contributed by atoms with Crippen molar-refractivity contribution in [3.05, 3.63) is 11.6 Å². The summed E-state index contributed by atoms with van der Waals surface area (Å²) in [6, 6.07) is 0. The fourth-order valence-corrected chi connectivity index (χ4v) is 4.33. The minimum absolute atomic E-state index is 0.246. The predicted molar refractivity (Wildman–Crippen MR) is 67.1 cm³/mol. The van der Waals surface area contributed by atoms with E-state index in [1.54, 1.807) is 0 Å². The molecule has 1 nitrogen and oxygen atoms in total. The van der Waals surface area contributed by atoms with Crippen molar-refractivity contribution >= 4 is 5.78 Å². The van der Waals surface area contributed by atoms with Gasteiger partial charge in [-0.25, -0.2) is 0 Å². The molecule has 90 valence electrons. The van der Waals surface area contributed by atoms with Gasteiger partial charge in [0.2, 0.25) is 0 Å². The van der Waals surface area contributed by atoms with E-state index in [9.17, 15) is 4.79 Å². The van der Waals surface area contributed by atoms with Crippen molar-refractivity contribution < 1.29 is 4.79 Å². The molecular weight excluding hydrogens is 196 g/mol. The van der Waals surface area contributed by atoms with Crippen LogP contribution >= 0.6 is 0 Å². The minimum atomic E-state index is 0.246. The first-order chi connectivity index (χ1) is 7.39. The molecule has 1 fully saturated rings. The van der Waals surface area contributed by atoms with Crippen molar-refractivity contribution in [3.8, 4) is 0 Å². The van der Waals surface area contributed by atoms with Crippen molar-refractivity contribution in [1.29, 1.82) is 0 Å². The maximum absolute atomic E-state index is 12.3. The van der Waals surface area contributed by atoms with Gasteiger partial charge in [0.25, 0.3) is 0 Å². The maximum Gasteiger partial charge on any atom is 0.161 e. The van der Waals surface area contributed by atoms with E-state index < -0.39 is 0 Å². The highest BCUT2D eigenvalue weighted by molar-refractivity contribution is 5.98. The molecule has 1 heteroatoms. The van der Waals surface area contributed by atoms with Crippen LogP contribution in [0.3, 0.4) is 0 Å². The highest BCUT2D eigenvalue weighted by Crippen LogP contribution is 2.58. The number of carbonyl (C=O) groups excluding carboxylic acids is 1. The van der Waals surface area contributed by atoms with E-state index in [0.717, 1.165) is 12.0 Å². The Kier molecular flexibility index (Phi) is 2.76. The topological polar surface area (TPSA) is 17.1 Å². The molecule has 0 radical (unpaired) electrons. The molecule has 1 saturated carbocycles. The van der Waals surface area contributed by atoms with E-state index in [1.807, 2.05) is 6.92 Å². The second-order valence-electron chi connectivity index (χ2n) is 6.39. The van der Waals surface area contributed by atoms with Crippen LogP contribution in [0.1, 0.15) is 47.5 Å². The Morgan fingerprint density at radius 3 is 2.31 bits per heavy atom. The summed E-state index contributed by atoms with van der Waals surface area (Å²) >= 11 is 0. The number of allylic oxidation sites excluding steroid dienone is 2. The average Bonchev–Trinajstić information content (AvgIpc) is 2.51. The molecule has 0 saturated heterocycles. The Hall–Kier alpha value is -0.590. The van der Waals surface area contributed by atoms with Gasteiger partial charge in [-0.3, -0.25) is 4.79 Å². The van der Waals surface area contributed by atoms with Crippen LogP contribution < -0.4 is 0 Å². The Bertz CT molecular complexity index is 327. The lowest BCUT2D eigenvalue weighted by Gasteiger charge is -2.42. The fraction of sp³-hybridized carbons (Fsp3) is 0.800. The zero-order chi connectivity index (χ0) is 12.1. The second-order valence-corrected chi connectivity index (χ2v) is 6.39. The van der Waals surface area contributed by atoms with Crippen molar-refractivity contribution in [3.63, 3.8) is 0 Å². The number of hydrogen-bond donors (Lipinski definition) is 0. The molecule has 0 aliphatic heterocycles. The van der Waals surface area contributed by atoms with Gasteiger partial charge in [0.15, 0.2) is 5.78 Å². The third-order valence-corrected chi connectivity index (χ3v) is 5.14. The van der Waals surface area contributed by atoms with Crippen LogP contribution in [-0.4, -0.2) is 5.78 Å². The summed E-state index contributed by atoms with van der Waals surface area (Å²) in [5, 5.41) is 0. The Labute approximate surface area is 99.3 Å². The zero-order valence-corrected chi connectivity index (χ0v) is 11.2. The SMILES string of the molecule is CC1=CC2CC(C1=O)C(C(C)C)(C(C)C)C2. The van der Waals surface area contributed by atoms with Crippen molar-refractivity contribution in [1.82, 2.24) is 0 Å². The lowest BCUT2D eigenvalue weighted by Crippen LogP contribution is -2.40. The molecular formula is C15H24O. The number of Topliss-reactive ketones (excluding diaryl/α,β-unsaturated/α-hetero) is 1. The van der Waals surface area contributed by atoms with Gasteiger partial charge in [0.05, 0.1) is 0 Å². The molecule has 0 spiro atoms. The largest absolute Gasteiger partial charge is 0.294 e. The number of ketones is 1.